The zero-order chi connectivity index (χ0) is 15.3. The molecule has 116 valence electrons. The quantitative estimate of drug-likeness (QED) is 0.722. The fraction of sp³-hybridized carbons (Fsp3) is 0.588. The van der Waals surface area contributed by atoms with Gasteiger partial charge in [0.15, 0.2) is 0 Å². The van der Waals surface area contributed by atoms with Crippen molar-refractivity contribution >= 4 is 6.03 Å². The molecule has 0 aromatic heterocycles. The lowest BCUT2D eigenvalue weighted by molar-refractivity contribution is 0.160. The Bertz CT molecular complexity index is 483. The fourth-order valence-corrected chi connectivity index (χ4v) is 2.73. The van der Waals surface area contributed by atoms with Crippen LogP contribution in [-0.4, -0.2) is 30.3 Å². The molecular weight excluding hydrogens is 264 g/mol. The SMILES string of the molecule is CCC(O)CCNC(=O)NCC1(c2ccccc2C)CC1. The van der Waals surface area contributed by atoms with Gasteiger partial charge in [0.25, 0.3) is 0 Å². The molecule has 0 heterocycles. The molecule has 4 heteroatoms. The van der Waals surface area contributed by atoms with E-state index in [1.807, 2.05) is 13.0 Å². The minimum Gasteiger partial charge on any atom is -0.393 e. The lowest BCUT2D eigenvalue weighted by atomic mass is 9.92. The molecule has 3 N–H and O–H groups in total. The monoisotopic (exact) mass is 290 g/mol. The van der Waals surface area contributed by atoms with Gasteiger partial charge in [0.1, 0.15) is 0 Å². The van der Waals surface area contributed by atoms with Crippen LogP contribution in [0.2, 0.25) is 0 Å². The van der Waals surface area contributed by atoms with Gasteiger partial charge >= 0.3 is 6.03 Å². The van der Waals surface area contributed by atoms with Crippen LogP contribution in [0.5, 0.6) is 0 Å². The van der Waals surface area contributed by atoms with Gasteiger partial charge in [-0.3, -0.25) is 0 Å². The van der Waals surface area contributed by atoms with E-state index >= 15 is 0 Å². The number of aliphatic hydroxyl groups is 1. The Morgan fingerprint density at radius 1 is 1.33 bits per heavy atom. The summed E-state index contributed by atoms with van der Waals surface area (Å²) in [6.45, 7) is 5.25. The van der Waals surface area contributed by atoms with E-state index in [9.17, 15) is 9.90 Å². The van der Waals surface area contributed by atoms with E-state index in [2.05, 4.69) is 35.8 Å². The van der Waals surface area contributed by atoms with Gasteiger partial charge in [-0.15, -0.1) is 0 Å². The van der Waals surface area contributed by atoms with Crippen LogP contribution in [0.4, 0.5) is 4.79 Å². The average molecular weight is 290 g/mol. The van der Waals surface area contributed by atoms with Crippen LogP contribution in [0.25, 0.3) is 0 Å². The van der Waals surface area contributed by atoms with Gasteiger partial charge in [0.05, 0.1) is 6.10 Å². The molecule has 2 rings (SSSR count). The van der Waals surface area contributed by atoms with Gasteiger partial charge in [-0.05, 0) is 43.7 Å². The lowest BCUT2D eigenvalue weighted by Gasteiger charge is -2.19. The Hall–Kier alpha value is -1.55. The second kappa shape index (κ2) is 6.94. The molecule has 2 amide bonds. The van der Waals surface area contributed by atoms with Crippen molar-refractivity contribution in [2.24, 2.45) is 0 Å². The van der Waals surface area contributed by atoms with Gasteiger partial charge in [-0.1, -0.05) is 31.2 Å². The maximum atomic E-state index is 11.8. The van der Waals surface area contributed by atoms with E-state index < -0.39 is 0 Å². The van der Waals surface area contributed by atoms with Gasteiger partial charge in [0, 0.05) is 18.5 Å². The third kappa shape index (κ3) is 4.21. The third-order valence-corrected chi connectivity index (χ3v) is 4.39. The van der Waals surface area contributed by atoms with Crippen LogP contribution in [0.1, 0.15) is 43.7 Å². The van der Waals surface area contributed by atoms with E-state index in [1.165, 1.54) is 11.1 Å². The van der Waals surface area contributed by atoms with E-state index in [1.54, 1.807) is 0 Å². The second-order valence-electron chi connectivity index (χ2n) is 6.06. The molecule has 0 spiro atoms. The molecule has 1 aromatic rings. The summed E-state index contributed by atoms with van der Waals surface area (Å²) in [5.74, 6) is 0. The summed E-state index contributed by atoms with van der Waals surface area (Å²) >= 11 is 0. The van der Waals surface area contributed by atoms with E-state index in [0.29, 0.717) is 19.5 Å². The Morgan fingerprint density at radius 2 is 2.05 bits per heavy atom. The van der Waals surface area contributed by atoms with Crippen molar-refractivity contribution in [2.75, 3.05) is 13.1 Å². The highest BCUT2D eigenvalue weighted by Crippen LogP contribution is 2.48. The highest BCUT2D eigenvalue weighted by Gasteiger charge is 2.45. The van der Waals surface area contributed by atoms with Gasteiger partial charge in [0.2, 0.25) is 0 Å². The number of carbonyl (C=O) groups excluding carboxylic acids is 1. The van der Waals surface area contributed by atoms with Gasteiger partial charge in [-0.25, -0.2) is 4.79 Å². The fourth-order valence-electron chi connectivity index (χ4n) is 2.73. The molecule has 1 atom stereocenters. The minimum atomic E-state index is -0.327. The Balaban J connectivity index is 1.78. The van der Waals surface area contributed by atoms with Gasteiger partial charge in [-0.2, -0.15) is 0 Å². The summed E-state index contributed by atoms with van der Waals surface area (Å²) in [6.07, 6.45) is 3.26. The molecule has 1 unspecified atom stereocenters. The molecule has 1 fully saturated rings. The molecule has 21 heavy (non-hydrogen) atoms. The molecule has 4 nitrogen and oxygen atoms in total. The maximum absolute atomic E-state index is 11.8. The summed E-state index contributed by atoms with van der Waals surface area (Å²) in [7, 11) is 0. The molecule has 0 bridgehead atoms. The van der Waals surface area contributed by atoms with Crippen molar-refractivity contribution in [3.05, 3.63) is 35.4 Å². The summed E-state index contributed by atoms with van der Waals surface area (Å²) < 4.78 is 0. The number of aliphatic hydroxyl groups excluding tert-OH is 1. The number of rotatable bonds is 7. The van der Waals surface area contributed by atoms with Crippen molar-refractivity contribution in [2.45, 2.75) is 51.0 Å². The standard InChI is InChI=1S/C17H26N2O2/c1-3-14(20)8-11-18-16(21)19-12-17(9-10-17)15-7-5-4-6-13(15)2/h4-7,14,20H,3,8-12H2,1-2H3,(H2,18,19,21). The smallest absolute Gasteiger partial charge is 0.314 e. The predicted molar refractivity (Wildman–Crippen MR) is 84.4 cm³/mol. The third-order valence-electron chi connectivity index (χ3n) is 4.39. The van der Waals surface area contributed by atoms with Crippen LogP contribution >= 0.6 is 0 Å². The minimum absolute atomic E-state index is 0.131. The first-order valence-corrected chi connectivity index (χ1v) is 7.83. The average Bonchev–Trinajstić information content (AvgIpc) is 3.26. The highest BCUT2D eigenvalue weighted by molar-refractivity contribution is 5.74. The summed E-state index contributed by atoms with van der Waals surface area (Å²) in [5, 5.41) is 15.2. The number of amides is 2. The largest absolute Gasteiger partial charge is 0.393 e. The lowest BCUT2D eigenvalue weighted by Crippen LogP contribution is -2.40. The first-order chi connectivity index (χ1) is 10.1. The maximum Gasteiger partial charge on any atom is 0.314 e. The number of aryl methyl sites for hydroxylation is 1. The summed E-state index contributed by atoms with van der Waals surface area (Å²) in [5.41, 5.74) is 2.78. The van der Waals surface area contributed by atoms with Crippen molar-refractivity contribution in [3.8, 4) is 0 Å². The van der Waals surface area contributed by atoms with Crippen LogP contribution in [0.15, 0.2) is 24.3 Å². The second-order valence-corrected chi connectivity index (χ2v) is 6.06. The molecule has 0 saturated heterocycles. The molecule has 1 aliphatic rings. The van der Waals surface area contributed by atoms with E-state index in [-0.39, 0.29) is 17.6 Å². The predicted octanol–water partition coefficient (Wildman–Crippen LogP) is 2.49. The zero-order valence-corrected chi connectivity index (χ0v) is 13.0. The number of hydrogen-bond donors (Lipinski definition) is 3. The number of urea groups is 1. The summed E-state index contributed by atoms with van der Waals surface area (Å²) in [4.78, 5) is 11.8. The number of benzene rings is 1. The van der Waals surface area contributed by atoms with E-state index in [4.69, 9.17) is 0 Å². The van der Waals surface area contributed by atoms with Crippen LogP contribution in [0.3, 0.4) is 0 Å². The molecule has 1 saturated carbocycles. The molecule has 1 aromatic carbocycles. The van der Waals surface area contributed by atoms with Crippen molar-refractivity contribution in [3.63, 3.8) is 0 Å². The summed E-state index contributed by atoms with van der Waals surface area (Å²) in [6, 6.07) is 8.27. The highest BCUT2D eigenvalue weighted by atomic mass is 16.3. The first kappa shape index (κ1) is 15.8. The molecule has 0 radical (unpaired) electrons. The normalized spacial score (nSPS) is 17.1. The van der Waals surface area contributed by atoms with Gasteiger partial charge < -0.3 is 15.7 Å². The Morgan fingerprint density at radius 3 is 2.67 bits per heavy atom. The van der Waals surface area contributed by atoms with E-state index in [0.717, 1.165) is 19.3 Å². The Labute approximate surface area is 126 Å². The van der Waals surface area contributed by atoms with Crippen molar-refractivity contribution in [1.29, 1.82) is 0 Å². The van der Waals surface area contributed by atoms with Crippen LogP contribution < -0.4 is 10.6 Å². The zero-order valence-electron chi connectivity index (χ0n) is 13.0. The Kier molecular flexibility index (Phi) is 5.23. The number of nitrogens with one attached hydrogen (secondary N) is 2. The van der Waals surface area contributed by atoms with Crippen LogP contribution in [0, 0.1) is 6.92 Å². The van der Waals surface area contributed by atoms with Crippen molar-refractivity contribution < 1.29 is 9.90 Å². The van der Waals surface area contributed by atoms with Crippen molar-refractivity contribution in [1.82, 2.24) is 10.6 Å². The first-order valence-electron chi connectivity index (χ1n) is 7.83. The topological polar surface area (TPSA) is 61.4 Å². The molecular formula is C17H26N2O2. The molecule has 1 aliphatic carbocycles. The van der Waals surface area contributed by atoms with Crippen LogP contribution in [-0.2, 0) is 5.41 Å². The number of carbonyl (C=O) groups is 1. The molecule has 0 aliphatic heterocycles. The number of hydrogen-bond acceptors (Lipinski definition) is 2.